The molecule has 0 N–H and O–H groups in total. The lowest BCUT2D eigenvalue weighted by Gasteiger charge is -2.18. The van der Waals surface area contributed by atoms with Crippen LogP contribution in [0.4, 0.5) is 17.0 Å². The zero-order valence-corrected chi connectivity index (χ0v) is 14.3. The summed E-state index contributed by atoms with van der Waals surface area (Å²) in [7, 11) is 0. The number of halogens is 4. The highest BCUT2D eigenvalue weighted by molar-refractivity contribution is 7.13. The van der Waals surface area contributed by atoms with Gasteiger partial charge in [0.2, 0.25) is 11.9 Å². The van der Waals surface area contributed by atoms with Crippen molar-refractivity contribution in [3.05, 3.63) is 44.3 Å². The van der Waals surface area contributed by atoms with Crippen LogP contribution in [-0.4, -0.2) is 24.9 Å². The number of aromatic nitrogens is 5. The average Bonchev–Trinajstić information content (AvgIpc) is 2.90. The molecule has 0 saturated carbocycles. The summed E-state index contributed by atoms with van der Waals surface area (Å²) in [6.07, 6.45) is 1.62. The fourth-order valence-electron chi connectivity index (χ4n) is 1.54. The lowest BCUT2D eigenvalue weighted by Crippen LogP contribution is -2.16. The minimum absolute atomic E-state index is 0.158. The van der Waals surface area contributed by atoms with E-state index in [1.807, 2.05) is 0 Å². The Morgan fingerprint density at radius 2 is 1.23 bits per heavy atom. The molecule has 0 saturated heterocycles. The van der Waals surface area contributed by atoms with E-state index in [-0.39, 0.29) is 32.5 Å². The maximum Gasteiger partial charge on any atom is 0.241 e. The molecule has 0 spiro atoms. The van der Waals surface area contributed by atoms with Gasteiger partial charge in [0.1, 0.15) is 20.6 Å². The molecule has 0 atom stereocenters. The number of rotatable bonds is 3. The van der Waals surface area contributed by atoms with Gasteiger partial charge in [0.05, 0.1) is 0 Å². The molecular formula is C11H4Cl4N6S. The van der Waals surface area contributed by atoms with Crippen LogP contribution in [0.3, 0.4) is 0 Å². The number of hydrogen-bond donors (Lipinski definition) is 0. The number of anilines is 3. The molecule has 0 fully saturated rings. The first-order valence-corrected chi connectivity index (χ1v) is 8.02. The van der Waals surface area contributed by atoms with Crippen molar-refractivity contribution in [3.63, 3.8) is 0 Å². The third kappa shape index (κ3) is 3.39. The van der Waals surface area contributed by atoms with Crippen molar-refractivity contribution >= 4 is 74.8 Å². The average molecular weight is 394 g/mol. The van der Waals surface area contributed by atoms with Crippen molar-refractivity contribution in [2.24, 2.45) is 0 Å². The molecule has 0 aromatic carbocycles. The first kappa shape index (κ1) is 15.6. The second kappa shape index (κ2) is 6.47. The highest BCUT2D eigenvalue weighted by Gasteiger charge is 2.22. The van der Waals surface area contributed by atoms with Crippen LogP contribution in [0.5, 0.6) is 0 Å². The molecule has 6 nitrogen and oxygen atoms in total. The van der Waals surface area contributed by atoms with Gasteiger partial charge in [-0.2, -0.15) is 0 Å². The molecular weight excluding hydrogens is 390 g/mol. The van der Waals surface area contributed by atoms with Crippen LogP contribution in [0.2, 0.25) is 20.6 Å². The van der Waals surface area contributed by atoms with E-state index in [2.05, 4.69) is 24.9 Å². The van der Waals surface area contributed by atoms with Gasteiger partial charge in [0.25, 0.3) is 0 Å². The van der Waals surface area contributed by atoms with Crippen LogP contribution in [0.15, 0.2) is 23.7 Å². The van der Waals surface area contributed by atoms with Crippen molar-refractivity contribution in [2.75, 3.05) is 4.90 Å². The highest BCUT2D eigenvalue weighted by atomic mass is 35.5. The fourth-order valence-corrected chi connectivity index (χ4v) is 3.01. The number of hydrogen-bond acceptors (Lipinski definition) is 7. The zero-order chi connectivity index (χ0) is 15.7. The maximum absolute atomic E-state index is 5.93. The second-order valence-electron chi connectivity index (χ2n) is 3.78. The van der Waals surface area contributed by atoms with Gasteiger partial charge in [-0.05, 0) is 0 Å². The summed E-state index contributed by atoms with van der Waals surface area (Å²) in [6, 6.07) is 2.83. The largest absolute Gasteiger partial charge is 0.241 e. The Kier molecular flexibility index (Phi) is 4.60. The van der Waals surface area contributed by atoms with Crippen LogP contribution in [0.25, 0.3) is 0 Å². The molecule has 0 aliphatic carbocycles. The molecule has 3 heterocycles. The molecule has 112 valence electrons. The van der Waals surface area contributed by atoms with Crippen LogP contribution < -0.4 is 4.90 Å². The van der Waals surface area contributed by atoms with Gasteiger partial charge in [0, 0.05) is 23.7 Å². The van der Waals surface area contributed by atoms with Gasteiger partial charge in [0.15, 0.2) is 5.13 Å². The van der Waals surface area contributed by atoms with Crippen molar-refractivity contribution in [2.45, 2.75) is 0 Å². The molecule has 0 amide bonds. The van der Waals surface area contributed by atoms with E-state index in [1.54, 1.807) is 11.6 Å². The van der Waals surface area contributed by atoms with Crippen LogP contribution in [0, 0.1) is 0 Å². The number of thiazole rings is 1. The molecule has 0 unspecified atom stereocenters. The summed E-state index contributed by atoms with van der Waals surface area (Å²) in [4.78, 5) is 22.1. The van der Waals surface area contributed by atoms with Gasteiger partial charge in [-0.15, -0.1) is 11.3 Å². The minimum atomic E-state index is 0.158. The van der Waals surface area contributed by atoms with E-state index in [4.69, 9.17) is 46.4 Å². The van der Waals surface area contributed by atoms with Crippen LogP contribution in [-0.2, 0) is 0 Å². The first-order chi connectivity index (χ1) is 10.5. The smallest absolute Gasteiger partial charge is 0.228 e. The predicted octanol–water partition coefficient (Wildman–Crippen LogP) is 4.81. The summed E-state index contributed by atoms with van der Waals surface area (Å²) in [5.74, 6) is 0.316. The summed E-state index contributed by atoms with van der Waals surface area (Å²) < 4.78 is 0. The van der Waals surface area contributed by atoms with E-state index in [9.17, 15) is 0 Å². The molecule has 0 radical (unpaired) electrons. The van der Waals surface area contributed by atoms with Gasteiger partial charge in [-0.1, -0.05) is 46.4 Å². The standard InChI is InChI=1S/C11H4Cl4N6S/c12-5-3-6(13)18-9(17-5)21(11-16-1-2-22-11)10-19-7(14)4-8(15)20-10/h1-4H. The quantitative estimate of drug-likeness (QED) is 0.595. The zero-order valence-electron chi connectivity index (χ0n) is 10.4. The van der Waals surface area contributed by atoms with E-state index in [1.165, 1.54) is 28.4 Å². The van der Waals surface area contributed by atoms with Crippen molar-refractivity contribution in [3.8, 4) is 0 Å². The van der Waals surface area contributed by atoms with Crippen LogP contribution >= 0.6 is 57.7 Å². The third-order valence-corrected chi connectivity index (χ3v) is 3.85. The lowest BCUT2D eigenvalue weighted by atomic mass is 10.6. The van der Waals surface area contributed by atoms with E-state index < -0.39 is 0 Å². The third-order valence-electron chi connectivity index (χ3n) is 2.31. The highest BCUT2D eigenvalue weighted by Crippen LogP contribution is 2.33. The van der Waals surface area contributed by atoms with Crippen molar-refractivity contribution in [1.82, 2.24) is 24.9 Å². The SMILES string of the molecule is Clc1cc(Cl)nc(N(c2nc(Cl)cc(Cl)n2)c2nccs2)n1. The molecule has 0 aliphatic heterocycles. The van der Waals surface area contributed by atoms with E-state index >= 15 is 0 Å². The summed E-state index contributed by atoms with van der Waals surface area (Å²) in [6.45, 7) is 0. The van der Waals surface area contributed by atoms with E-state index in [0.717, 1.165) is 0 Å². The predicted molar refractivity (Wildman–Crippen MR) is 88.0 cm³/mol. The summed E-state index contributed by atoms with van der Waals surface area (Å²) in [5, 5.41) is 2.97. The Morgan fingerprint density at radius 1 is 0.773 bits per heavy atom. The minimum Gasteiger partial charge on any atom is -0.228 e. The molecule has 22 heavy (non-hydrogen) atoms. The molecule has 0 bridgehead atoms. The first-order valence-electron chi connectivity index (χ1n) is 5.63. The summed E-state index contributed by atoms with van der Waals surface area (Å²) in [5.41, 5.74) is 0. The summed E-state index contributed by atoms with van der Waals surface area (Å²) >= 11 is 25.1. The molecule has 3 aromatic heterocycles. The Morgan fingerprint density at radius 3 is 1.59 bits per heavy atom. The maximum atomic E-state index is 5.93. The Labute approximate surface area is 148 Å². The lowest BCUT2D eigenvalue weighted by molar-refractivity contribution is 1.00. The Bertz CT molecular complexity index is 720. The molecule has 3 aromatic rings. The Hall–Kier alpha value is -1.25. The second-order valence-corrected chi connectivity index (χ2v) is 6.20. The fraction of sp³-hybridized carbons (Fsp3) is 0. The van der Waals surface area contributed by atoms with Gasteiger partial charge in [-0.3, -0.25) is 0 Å². The molecule has 0 aliphatic rings. The number of nitrogens with zero attached hydrogens (tertiary/aromatic N) is 6. The Balaban J connectivity index is 2.20. The van der Waals surface area contributed by atoms with Crippen molar-refractivity contribution in [1.29, 1.82) is 0 Å². The monoisotopic (exact) mass is 392 g/mol. The molecule has 3 rings (SSSR count). The van der Waals surface area contributed by atoms with Crippen LogP contribution in [0.1, 0.15) is 0 Å². The molecule has 11 heteroatoms. The van der Waals surface area contributed by atoms with Crippen molar-refractivity contribution < 1.29 is 0 Å². The normalized spacial score (nSPS) is 10.7. The van der Waals surface area contributed by atoms with Gasteiger partial charge in [-0.25, -0.2) is 29.8 Å². The topological polar surface area (TPSA) is 67.7 Å². The van der Waals surface area contributed by atoms with Gasteiger partial charge < -0.3 is 0 Å². The van der Waals surface area contributed by atoms with Gasteiger partial charge >= 0.3 is 0 Å². The van der Waals surface area contributed by atoms with E-state index in [0.29, 0.717) is 5.13 Å².